The maximum Gasteiger partial charge on any atom is 0.139 e. The largest absolute Gasteiger partial charge is 0.341 e. The van der Waals surface area contributed by atoms with Gasteiger partial charge < -0.3 is 5.32 Å². The fourth-order valence-corrected chi connectivity index (χ4v) is 3.76. The van der Waals surface area contributed by atoms with Gasteiger partial charge in [0.1, 0.15) is 4.32 Å². The van der Waals surface area contributed by atoms with Gasteiger partial charge in [-0.3, -0.25) is 0 Å². The zero-order valence-corrected chi connectivity index (χ0v) is 12.8. The standard InChI is InChI=1S/C14H9Cl2NS2/c15-9-3-1-8(2-4-9)13-11-7-10(16)5-6-12(11)17-14(18)19-13/h1-7,13H,(H,17,18). The van der Waals surface area contributed by atoms with Gasteiger partial charge in [-0.1, -0.05) is 59.3 Å². The number of benzene rings is 2. The van der Waals surface area contributed by atoms with Gasteiger partial charge in [0, 0.05) is 15.7 Å². The first-order chi connectivity index (χ1) is 9.13. The van der Waals surface area contributed by atoms with Crippen molar-refractivity contribution in [3.8, 4) is 0 Å². The van der Waals surface area contributed by atoms with Gasteiger partial charge in [0.05, 0.1) is 5.25 Å². The second-order valence-corrected chi connectivity index (χ2v) is 6.85. The van der Waals surface area contributed by atoms with Crippen LogP contribution in [0.1, 0.15) is 16.4 Å². The van der Waals surface area contributed by atoms with Crippen LogP contribution in [0, 0.1) is 0 Å². The van der Waals surface area contributed by atoms with E-state index in [1.165, 1.54) is 5.56 Å². The third-order valence-electron chi connectivity index (χ3n) is 2.93. The molecule has 1 unspecified atom stereocenters. The van der Waals surface area contributed by atoms with Gasteiger partial charge in [-0.05, 0) is 41.5 Å². The Morgan fingerprint density at radius 3 is 2.42 bits per heavy atom. The number of halogens is 2. The Morgan fingerprint density at radius 1 is 1.00 bits per heavy atom. The Morgan fingerprint density at radius 2 is 1.68 bits per heavy atom. The normalized spacial score (nSPS) is 17.8. The number of hydrogen-bond donors (Lipinski definition) is 1. The highest BCUT2D eigenvalue weighted by molar-refractivity contribution is 8.23. The molecule has 3 rings (SSSR count). The Bertz CT molecular complexity index is 640. The third kappa shape index (κ3) is 2.75. The van der Waals surface area contributed by atoms with Crippen molar-refractivity contribution in [2.45, 2.75) is 5.25 Å². The van der Waals surface area contributed by atoms with Crippen LogP contribution in [0.2, 0.25) is 10.0 Å². The van der Waals surface area contributed by atoms with Crippen LogP contribution in [0.5, 0.6) is 0 Å². The van der Waals surface area contributed by atoms with E-state index >= 15 is 0 Å². The summed E-state index contributed by atoms with van der Waals surface area (Å²) in [4.78, 5) is 0. The fourth-order valence-electron chi connectivity index (χ4n) is 2.06. The Labute approximate surface area is 131 Å². The molecule has 0 bridgehead atoms. The molecular formula is C14H9Cl2NS2. The minimum Gasteiger partial charge on any atom is -0.341 e. The Kier molecular flexibility index (Phi) is 3.72. The van der Waals surface area contributed by atoms with E-state index in [2.05, 4.69) is 5.32 Å². The quantitative estimate of drug-likeness (QED) is 0.692. The molecule has 1 N–H and O–H groups in total. The van der Waals surface area contributed by atoms with E-state index < -0.39 is 0 Å². The van der Waals surface area contributed by atoms with Crippen molar-refractivity contribution >= 4 is 57.2 Å². The molecule has 0 aliphatic carbocycles. The van der Waals surface area contributed by atoms with Crippen LogP contribution >= 0.6 is 47.2 Å². The lowest BCUT2D eigenvalue weighted by Gasteiger charge is -2.27. The van der Waals surface area contributed by atoms with Gasteiger partial charge in [0.15, 0.2) is 0 Å². The molecule has 1 aliphatic rings. The molecular weight excluding hydrogens is 317 g/mol. The van der Waals surface area contributed by atoms with Crippen LogP contribution in [0.25, 0.3) is 0 Å². The van der Waals surface area contributed by atoms with Gasteiger partial charge >= 0.3 is 0 Å². The predicted molar refractivity (Wildman–Crippen MR) is 88.6 cm³/mol. The van der Waals surface area contributed by atoms with Crippen molar-refractivity contribution in [1.29, 1.82) is 0 Å². The molecule has 0 saturated carbocycles. The minimum absolute atomic E-state index is 0.153. The van der Waals surface area contributed by atoms with Gasteiger partial charge in [-0.15, -0.1) is 0 Å². The maximum absolute atomic E-state index is 6.10. The van der Waals surface area contributed by atoms with Crippen LogP contribution in [0.4, 0.5) is 5.69 Å². The van der Waals surface area contributed by atoms with Crippen molar-refractivity contribution in [2.24, 2.45) is 0 Å². The molecule has 5 heteroatoms. The van der Waals surface area contributed by atoms with E-state index in [4.69, 9.17) is 35.4 Å². The molecule has 19 heavy (non-hydrogen) atoms. The summed E-state index contributed by atoms with van der Waals surface area (Å²) in [5.41, 5.74) is 3.34. The van der Waals surface area contributed by atoms with Crippen molar-refractivity contribution in [1.82, 2.24) is 0 Å². The zero-order chi connectivity index (χ0) is 13.4. The molecule has 96 valence electrons. The lowest BCUT2D eigenvalue weighted by atomic mass is 10.0. The molecule has 2 aromatic carbocycles. The molecule has 0 aromatic heterocycles. The Balaban J connectivity index is 2.09. The summed E-state index contributed by atoms with van der Waals surface area (Å²) < 4.78 is 0.773. The molecule has 1 aliphatic heterocycles. The van der Waals surface area contributed by atoms with E-state index in [1.807, 2.05) is 42.5 Å². The highest BCUT2D eigenvalue weighted by Gasteiger charge is 2.25. The van der Waals surface area contributed by atoms with E-state index in [0.717, 1.165) is 25.6 Å². The molecule has 1 atom stereocenters. The number of anilines is 1. The molecule has 0 saturated heterocycles. The summed E-state index contributed by atoms with van der Waals surface area (Å²) >= 11 is 19.0. The monoisotopic (exact) mass is 325 g/mol. The van der Waals surface area contributed by atoms with Crippen molar-refractivity contribution in [3.63, 3.8) is 0 Å². The topological polar surface area (TPSA) is 12.0 Å². The highest BCUT2D eigenvalue weighted by Crippen LogP contribution is 2.44. The molecule has 0 amide bonds. The van der Waals surface area contributed by atoms with E-state index in [1.54, 1.807) is 11.8 Å². The van der Waals surface area contributed by atoms with Crippen LogP contribution in [-0.4, -0.2) is 4.32 Å². The zero-order valence-electron chi connectivity index (χ0n) is 9.69. The number of rotatable bonds is 1. The van der Waals surface area contributed by atoms with Gasteiger partial charge in [-0.2, -0.15) is 0 Å². The van der Waals surface area contributed by atoms with Crippen LogP contribution < -0.4 is 5.32 Å². The lowest BCUT2D eigenvalue weighted by molar-refractivity contribution is 1.16. The molecule has 1 nitrogen and oxygen atoms in total. The molecule has 2 aromatic rings. The maximum atomic E-state index is 6.10. The first kappa shape index (κ1) is 13.3. The van der Waals surface area contributed by atoms with Crippen LogP contribution in [0.15, 0.2) is 42.5 Å². The first-order valence-corrected chi connectivity index (χ1v) is 7.70. The SMILES string of the molecule is S=C1Nc2ccc(Cl)cc2C(c2ccc(Cl)cc2)S1. The minimum atomic E-state index is 0.153. The van der Waals surface area contributed by atoms with Crippen molar-refractivity contribution in [2.75, 3.05) is 5.32 Å². The third-order valence-corrected chi connectivity index (χ3v) is 4.89. The Hall–Kier alpha value is -0.740. The lowest BCUT2D eigenvalue weighted by Crippen LogP contribution is -2.16. The van der Waals surface area contributed by atoms with E-state index in [9.17, 15) is 0 Å². The summed E-state index contributed by atoms with van der Waals surface area (Å²) in [5, 5.41) is 4.82. The van der Waals surface area contributed by atoms with Crippen LogP contribution in [0.3, 0.4) is 0 Å². The second-order valence-electron chi connectivity index (χ2n) is 4.19. The van der Waals surface area contributed by atoms with E-state index in [0.29, 0.717) is 0 Å². The number of fused-ring (bicyclic) bond motifs is 1. The van der Waals surface area contributed by atoms with Gasteiger partial charge in [-0.25, -0.2) is 0 Å². The first-order valence-electron chi connectivity index (χ1n) is 5.66. The second kappa shape index (κ2) is 5.33. The van der Waals surface area contributed by atoms with Crippen molar-refractivity contribution < 1.29 is 0 Å². The number of nitrogens with one attached hydrogen (secondary N) is 1. The van der Waals surface area contributed by atoms with Gasteiger partial charge in [0.25, 0.3) is 0 Å². The molecule has 0 spiro atoms. The summed E-state index contributed by atoms with van der Waals surface area (Å²) in [6, 6.07) is 13.7. The van der Waals surface area contributed by atoms with E-state index in [-0.39, 0.29) is 5.25 Å². The van der Waals surface area contributed by atoms with Gasteiger partial charge in [0.2, 0.25) is 0 Å². The average molecular weight is 326 g/mol. The number of thiocarbonyl (C=S) groups is 1. The fraction of sp³-hybridized carbons (Fsp3) is 0.0714. The summed E-state index contributed by atoms with van der Waals surface area (Å²) in [6.45, 7) is 0. The molecule has 0 radical (unpaired) electrons. The number of thioether (sulfide) groups is 1. The predicted octanol–water partition coefficient (Wildman–Crippen LogP) is 5.53. The van der Waals surface area contributed by atoms with Crippen molar-refractivity contribution in [3.05, 3.63) is 63.6 Å². The molecule has 0 fully saturated rings. The smallest absolute Gasteiger partial charge is 0.139 e. The summed E-state index contributed by atoms with van der Waals surface area (Å²) in [7, 11) is 0. The molecule has 1 heterocycles. The summed E-state index contributed by atoms with van der Waals surface area (Å²) in [5.74, 6) is 0. The summed E-state index contributed by atoms with van der Waals surface area (Å²) in [6.07, 6.45) is 0. The number of hydrogen-bond acceptors (Lipinski definition) is 2. The highest BCUT2D eigenvalue weighted by atomic mass is 35.5. The average Bonchev–Trinajstić information content (AvgIpc) is 2.39. The van der Waals surface area contributed by atoms with Crippen LogP contribution in [-0.2, 0) is 0 Å².